The number of hydrogen-bond acceptors (Lipinski definition) is 5. The lowest BCUT2D eigenvalue weighted by molar-refractivity contribution is 0.0132. The molecule has 1 fully saturated rings. The standard InChI is InChI=1S/C16H31N7O.HI/c1-13(2)9-14(23-5-7-24-8-6-23)10-18-16(17-3)19-11-15-20-12-21-22(15)4;/h12-14H,5-11H2,1-4H3,(H2,17,18,19);1H. The molecular formula is C16H32IN7O. The quantitative estimate of drug-likeness (QED) is 0.353. The first-order valence-corrected chi connectivity index (χ1v) is 8.69. The Labute approximate surface area is 167 Å². The van der Waals surface area contributed by atoms with Crippen LogP contribution in [0, 0.1) is 5.92 Å². The summed E-state index contributed by atoms with van der Waals surface area (Å²) in [6.07, 6.45) is 2.72. The Balaban J connectivity index is 0.00000312. The highest BCUT2D eigenvalue weighted by molar-refractivity contribution is 14.0. The van der Waals surface area contributed by atoms with Crippen LogP contribution in [0.25, 0.3) is 0 Å². The molecule has 2 rings (SSSR count). The van der Waals surface area contributed by atoms with Gasteiger partial charge in [0.05, 0.1) is 19.8 Å². The Bertz CT molecular complexity index is 514. The van der Waals surface area contributed by atoms with Gasteiger partial charge in [0.25, 0.3) is 0 Å². The van der Waals surface area contributed by atoms with E-state index in [0.717, 1.165) is 51.1 Å². The molecule has 1 aromatic heterocycles. The van der Waals surface area contributed by atoms with Crippen molar-refractivity contribution in [2.24, 2.45) is 18.0 Å². The second kappa shape index (κ2) is 11.6. The van der Waals surface area contributed by atoms with Crippen LogP contribution in [-0.4, -0.2) is 71.6 Å². The molecule has 0 aromatic carbocycles. The van der Waals surface area contributed by atoms with E-state index in [9.17, 15) is 0 Å². The summed E-state index contributed by atoms with van der Waals surface area (Å²) in [6, 6.07) is 0.488. The van der Waals surface area contributed by atoms with Gasteiger partial charge in [-0.3, -0.25) is 14.6 Å². The van der Waals surface area contributed by atoms with E-state index in [1.807, 2.05) is 7.05 Å². The van der Waals surface area contributed by atoms with Gasteiger partial charge in [0, 0.05) is 39.8 Å². The van der Waals surface area contributed by atoms with Crippen LogP contribution in [0.5, 0.6) is 0 Å². The van der Waals surface area contributed by atoms with Crippen LogP contribution < -0.4 is 10.6 Å². The molecule has 0 aliphatic carbocycles. The number of aryl methyl sites for hydroxylation is 1. The predicted octanol–water partition coefficient (Wildman–Crippen LogP) is 0.845. The zero-order valence-corrected chi connectivity index (χ0v) is 18.1. The summed E-state index contributed by atoms with van der Waals surface area (Å²) in [5.41, 5.74) is 0. The minimum atomic E-state index is 0. The molecule has 1 aromatic rings. The van der Waals surface area contributed by atoms with Crippen LogP contribution in [0.3, 0.4) is 0 Å². The highest BCUT2D eigenvalue weighted by atomic mass is 127. The van der Waals surface area contributed by atoms with Gasteiger partial charge in [-0.15, -0.1) is 24.0 Å². The molecule has 144 valence electrons. The number of rotatable bonds is 7. The molecule has 0 radical (unpaired) electrons. The Morgan fingerprint density at radius 2 is 2.04 bits per heavy atom. The number of halogens is 1. The molecule has 9 heteroatoms. The second-order valence-electron chi connectivity index (χ2n) is 6.54. The Morgan fingerprint density at radius 1 is 1.32 bits per heavy atom. The van der Waals surface area contributed by atoms with Crippen LogP contribution in [0.15, 0.2) is 11.3 Å². The molecule has 25 heavy (non-hydrogen) atoms. The van der Waals surface area contributed by atoms with Crippen molar-refractivity contribution < 1.29 is 4.74 Å². The maximum atomic E-state index is 5.48. The van der Waals surface area contributed by atoms with Gasteiger partial charge in [0.2, 0.25) is 0 Å². The fraction of sp³-hybridized carbons (Fsp3) is 0.812. The van der Waals surface area contributed by atoms with Crippen LogP contribution in [0.2, 0.25) is 0 Å². The van der Waals surface area contributed by atoms with Crippen molar-refractivity contribution in [3.63, 3.8) is 0 Å². The van der Waals surface area contributed by atoms with Crippen molar-refractivity contribution in [1.82, 2.24) is 30.3 Å². The summed E-state index contributed by atoms with van der Waals surface area (Å²) in [4.78, 5) is 11.0. The Hall–Kier alpha value is -0.940. The molecule has 1 saturated heterocycles. The summed E-state index contributed by atoms with van der Waals surface area (Å²) in [5, 5.41) is 10.8. The molecule has 1 aliphatic rings. The molecule has 0 spiro atoms. The van der Waals surface area contributed by atoms with E-state index >= 15 is 0 Å². The van der Waals surface area contributed by atoms with Crippen molar-refractivity contribution in [2.75, 3.05) is 39.9 Å². The SMILES string of the molecule is CN=C(NCc1ncnn1C)NCC(CC(C)C)N1CCOCC1.I. The van der Waals surface area contributed by atoms with Crippen LogP contribution >= 0.6 is 24.0 Å². The summed E-state index contributed by atoms with van der Waals surface area (Å²) in [5.74, 6) is 2.33. The normalized spacial score (nSPS) is 17.2. The van der Waals surface area contributed by atoms with E-state index in [2.05, 4.69) is 44.5 Å². The van der Waals surface area contributed by atoms with E-state index in [0.29, 0.717) is 18.5 Å². The summed E-state index contributed by atoms with van der Waals surface area (Å²) < 4.78 is 7.24. The lowest BCUT2D eigenvalue weighted by Crippen LogP contribution is -2.51. The first-order chi connectivity index (χ1) is 11.6. The zero-order valence-electron chi connectivity index (χ0n) is 15.7. The third kappa shape index (κ3) is 7.45. The van der Waals surface area contributed by atoms with E-state index in [1.165, 1.54) is 0 Å². The van der Waals surface area contributed by atoms with Gasteiger partial charge in [-0.05, 0) is 12.3 Å². The van der Waals surface area contributed by atoms with E-state index in [1.54, 1.807) is 18.1 Å². The molecule has 0 bridgehead atoms. The van der Waals surface area contributed by atoms with Crippen molar-refractivity contribution in [2.45, 2.75) is 32.9 Å². The van der Waals surface area contributed by atoms with Gasteiger partial charge in [0.1, 0.15) is 12.2 Å². The lowest BCUT2D eigenvalue weighted by Gasteiger charge is -2.35. The van der Waals surface area contributed by atoms with Crippen LogP contribution in [-0.2, 0) is 18.3 Å². The first kappa shape index (κ1) is 22.1. The van der Waals surface area contributed by atoms with Crippen molar-refractivity contribution in [1.29, 1.82) is 0 Å². The van der Waals surface area contributed by atoms with E-state index in [-0.39, 0.29) is 24.0 Å². The highest BCUT2D eigenvalue weighted by Gasteiger charge is 2.22. The van der Waals surface area contributed by atoms with E-state index < -0.39 is 0 Å². The topological polar surface area (TPSA) is 79.6 Å². The molecule has 2 heterocycles. The number of ether oxygens (including phenoxy) is 1. The van der Waals surface area contributed by atoms with Crippen LogP contribution in [0.1, 0.15) is 26.1 Å². The van der Waals surface area contributed by atoms with Gasteiger partial charge >= 0.3 is 0 Å². The predicted molar refractivity (Wildman–Crippen MR) is 110 cm³/mol. The van der Waals surface area contributed by atoms with Gasteiger partial charge in [-0.2, -0.15) is 5.10 Å². The molecule has 1 atom stereocenters. The van der Waals surface area contributed by atoms with Crippen molar-refractivity contribution in [3.8, 4) is 0 Å². The number of morpholine rings is 1. The first-order valence-electron chi connectivity index (χ1n) is 8.69. The molecule has 1 unspecified atom stereocenters. The number of hydrogen-bond donors (Lipinski definition) is 2. The molecule has 8 nitrogen and oxygen atoms in total. The Kier molecular flexibility index (Phi) is 10.3. The monoisotopic (exact) mass is 465 g/mol. The third-order valence-corrected chi connectivity index (χ3v) is 4.25. The second-order valence-corrected chi connectivity index (χ2v) is 6.54. The molecule has 0 amide bonds. The van der Waals surface area contributed by atoms with Crippen LogP contribution in [0.4, 0.5) is 0 Å². The number of aliphatic imine (C=N–C) groups is 1. The largest absolute Gasteiger partial charge is 0.379 e. The average Bonchev–Trinajstić information content (AvgIpc) is 2.99. The lowest BCUT2D eigenvalue weighted by atomic mass is 10.0. The van der Waals surface area contributed by atoms with Crippen molar-refractivity contribution >= 4 is 29.9 Å². The number of aromatic nitrogens is 3. The summed E-state index contributed by atoms with van der Waals surface area (Å²) in [6.45, 7) is 9.68. The average molecular weight is 465 g/mol. The maximum Gasteiger partial charge on any atom is 0.191 e. The zero-order chi connectivity index (χ0) is 17.4. The number of nitrogens with zero attached hydrogens (tertiary/aromatic N) is 5. The minimum Gasteiger partial charge on any atom is -0.379 e. The summed E-state index contributed by atoms with van der Waals surface area (Å²) in [7, 11) is 3.68. The van der Waals surface area contributed by atoms with Gasteiger partial charge < -0.3 is 15.4 Å². The highest BCUT2D eigenvalue weighted by Crippen LogP contribution is 2.12. The van der Waals surface area contributed by atoms with Gasteiger partial charge in [0.15, 0.2) is 5.96 Å². The van der Waals surface area contributed by atoms with Crippen molar-refractivity contribution in [3.05, 3.63) is 12.2 Å². The third-order valence-electron chi connectivity index (χ3n) is 4.25. The molecule has 0 saturated carbocycles. The fourth-order valence-corrected chi connectivity index (χ4v) is 2.93. The maximum absolute atomic E-state index is 5.48. The fourth-order valence-electron chi connectivity index (χ4n) is 2.93. The molecular weight excluding hydrogens is 433 g/mol. The molecule has 1 aliphatic heterocycles. The number of guanidine groups is 1. The van der Waals surface area contributed by atoms with E-state index in [4.69, 9.17) is 4.74 Å². The van der Waals surface area contributed by atoms with Gasteiger partial charge in [-0.25, -0.2) is 4.98 Å². The Morgan fingerprint density at radius 3 is 2.60 bits per heavy atom. The number of nitrogens with one attached hydrogen (secondary N) is 2. The van der Waals surface area contributed by atoms with Gasteiger partial charge in [-0.1, -0.05) is 13.8 Å². The molecule has 2 N–H and O–H groups in total. The minimum absolute atomic E-state index is 0. The summed E-state index contributed by atoms with van der Waals surface area (Å²) >= 11 is 0. The smallest absolute Gasteiger partial charge is 0.191 e.